The second-order valence-electron chi connectivity index (χ2n) is 4.71. The minimum Gasteiger partial charge on any atom is -0.324 e. The summed E-state index contributed by atoms with van der Waals surface area (Å²) in [5.41, 5.74) is 11.3. The van der Waals surface area contributed by atoms with E-state index in [4.69, 9.17) is 5.73 Å². The first-order valence-corrected chi connectivity index (χ1v) is 6.03. The average Bonchev–Trinajstić information content (AvgIpc) is 2.32. The summed E-state index contributed by atoms with van der Waals surface area (Å²) in [6.07, 6.45) is 0.893. The van der Waals surface area contributed by atoms with E-state index >= 15 is 0 Å². The summed E-state index contributed by atoms with van der Waals surface area (Å²) in [6, 6.07) is 17.1. The van der Waals surface area contributed by atoms with Gasteiger partial charge in [0.25, 0.3) is 0 Å². The van der Waals surface area contributed by atoms with Crippen LogP contribution < -0.4 is 5.73 Å². The van der Waals surface area contributed by atoms with Crippen LogP contribution in [-0.4, -0.2) is 0 Å². The fourth-order valence-electron chi connectivity index (χ4n) is 2.00. The van der Waals surface area contributed by atoms with Gasteiger partial charge in [0.2, 0.25) is 0 Å². The molecule has 0 saturated heterocycles. The Hall–Kier alpha value is -1.60. The lowest BCUT2D eigenvalue weighted by molar-refractivity contribution is 0.721. The third kappa shape index (κ3) is 3.18. The summed E-state index contributed by atoms with van der Waals surface area (Å²) in [5.74, 6) is 0. The van der Waals surface area contributed by atoms with Gasteiger partial charge < -0.3 is 5.73 Å². The minimum absolute atomic E-state index is 0.0811. The van der Waals surface area contributed by atoms with Crippen molar-refractivity contribution in [2.75, 3.05) is 0 Å². The number of benzene rings is 2. The van der Waals surface area contributed by atoms with Crippen molar-refractivity contribution in [1.29, 1.82) is 0 Å². The second-order valence-corrected chi connectivity index (χ2v) is 4.71. The topological polar surface area (TPSA) is 26.0 Å². The van der Waals surface area contributed by atoms with Gasteiger partial charge in [-0.05, 0) is 31.4 Å². The maximum absolute atomic E-state index is 6.23. The van der Waals surface area contributed by atoms with Gasteiger partial charge in [0.15, 0.2) is 0 Å². The number of aryl methyl sites for hydroxylation is 2. The molecule has 0 fully saturated rings. The largest absolute Gasteiger partial charge is 0.324 e. The smallest absolute Gasteiger partial charge is 0.0335 e. The van der Waals surface area contributed by atoms with Crippen molar-refractivity contribution in [3.8, 4) is 0 Å². The zero-order valence-electron chi connectivity index (χ0n) is 10.5. The number of rotatable bonds is 3. The third-order valence-corrected chi connectivity index (χ3v) is 3.05. The van der Waals surface area contributed by atoms with Crippen LogP contribution in [0, 0.1) is 13.8 Å². The molecule has 0 radical (unpaired) electrons. The van der Waals surface area contributed by atoms with E-state index in [1.54, 1.807) is 0 Å². The summed E-state index contributed by atoms with van der Waals surface area (Å²) >= 11 is 0. The zero-order valence-corrected chi connectivity index (χ0v) is 10.5. The van der Waals surface area contributed by atoms with E-state index in [1.807, 2.05) is 0 Å². The Morgan fingerprint density at radius 3 is 2.29 bits per heavy atom. The van der Waals surface area contributed by atoms with Crippen LogP contribution >= 0.6 is 0 Å². The van der Waals surface area contributed by atoms with Crippen molar-refractivity contribution >= 4 is 0 Å². The van der Waals surface area contributed by atoms with E-state index in [-0.39, 0.29) is 6.04 Å². The Kier molecular flexibility index (Phi) is 3.60. The molecule has 2 aromatic carbocycles. The number of hydrogen-bond acceptors (Lipinski definition) is 1. The lowest BCUT2D eigenvalue weighted by atomic mass is 9.98. The van der Waals surface area contributed by atoms with Gasteiger partial charge in [0, 0.05) is 6.04 Å². The molecule has 88 valence electrons. The van der Waals surface area contributed by atoms with Crippen LogP contribution in [0.15, 0.2) is 48.5 Å². The molecule has 0 bridgehead atoms. The normalized spacial score (nSPS) is 12.4. The maximum Gasteiger partial charge on any atom is 0.0335 e. The van der Waals surface area contributed by atoms with Crippen molar-refractivity contribution in [2.45, 2.75) is 26.3 Å². The molecule has 1 nitrogen and oxygen atoms in total. The molecule has 0 heterocycles. The van der Waals surface area contributed by atoms with Crippen molar-refractivity contribution in [2.24, 2.45) is 5.73 Å². The molecule has 0 spiro atoms. The average molecular weight is 225 g/mol. The molecule has 0 aromatic heterocycles. The van der Waals surface area contributed by atoms with Crippen molar-refractivity contribution in [3.05, 3.63) is 70.8 Å². The monoisotopic (exact) mass is 225 g/mol. The highest BCUT2D eigenvalue weighted by molar-refractivity contribution is 5.28. The SMILES string of the molecule is Cc1ccc(CC(N)c2cccc(C)c2)cc1. The van der Waals surface area contributed by atoms with Gasteiger partial charge in [0.05, 0.1) is 0 Å². The molecule has 1 heteroatoms. The van der Waals surface area contributed by atoms with E-state index in [0.717, 1.165) is 6.42 Å². The predicted octanol–water partition coefficient (Wildman–Crippen LogP) is 3.55. The van der Waals surface area contributed by atoms with E-state index in [0.29, 0.717) is 0 Å². The van der Waals surface area contributed by atoms with Crippen molar-refractivity contribution in [3.63, 3.8) is 0 Å². The van der Waals surface area contributed by atoms with Crippen molar-refractivity contribution in [1.82, 2.24) is 0 Å². The Balaban J connectivity index is 2.11. The Labute approximate surface area is 103 Å². The first kappa shape index (κ1) is 11.9. The van der Waals surface area contributed by atoms with Gasteiger partial charge in [-0.3, -0.25) is 0 Å². The molecular formula is C16H19N. The molecule has 0 saturated carbocycles. The van der Waals surface area contributed by atoms with Crippen LogP contribution in [-0.2, 0) is 6.42 Å². The molecule has 0 aliphatic heterocycles. The molecule has 2 rings (SSSR count). The van der Waals surface area contributed by atoms with Crippen molar-refractivity contribution < 1.29 is 0 Å². The standard InChI is InChI=1S/C16H19N/c1-12-6-8-14(9-7-12)11-16(17)15-5-3-4-13(2)10-15/h3-10,16H,11,17H2,1-2H3. The summed E-state index contributed by atoms with van der Waals surface area (Å²) in [6.45, 7) is 4.20. The van der Waals surface area contributed by atoms with Crippen LogP contribution in [0.1, 0.15) is 28.3 Å². The first-order chi connectivity index (χ1) is 8.15. The fourth-order valence-corrected chi connectivity index (χ4v) is 2.00. The van der Waals surface area contributed by atoms with Gasteiger partial charge in [-0.15, -0.1) is 0 Å². The van der Waals surface area contributed by atoms with Gasteiger partial charge >= 0.3 is 0 Å². The highest BCUT2D eigenvalue weighted by Gasteiger charge is 2.06. The van der Waals surface area contributed by atoms with E-state index < -0.39 is 0 Å². The summed E-state index contributed by atoms with van der Waals surface area (Å²) in [5, 5.41) is 0. The van der Waals surface area contributed by atoms with Gasteiger partial charge in [-0.2, -0.15) is 0 Å². The van der Waals surface area contributed by atoms with E-state index in [1.165, 1.54) is 22.3 Å². The van der Waals surface area contributed by atoms with Crippen LogP contribution in [0.2, 0.25) is 0 Å². The second kappa shape index (κ2) is 5.15. The maximum atomic E-state index is 6.23. The van der Waals surface area contributed by atoms with Crippen LogP contribution in [0.5, 0.6) is 0 Å². The molecule has 1 atom stereocenters. The molecule has 0 amide bonds. The van der Waals surface area contributed by atoms with Crippen LogP contribution in [0.25, 0.3) is 0 Å². The number of nitrogens with two attached hydrogens (primary N) is 1. The predicted molar refractivity (Wildman–Crippen MR) is 73.0 cm³/mol. The van der Waals surface area contributed by atoms with Crippen LogP contribution in [0.3, 0.4) is 0 Å². The van der Waals surface area contributed by atoms with Gasteiger partial charge in [-0.25, -0.2) is 0 Å². The highest BCUT2D eigenvalue weighted by atomic mass is 14.6. The first-order valence-electron chi connectivity index (χ1n) is 6.03. The molecular weight excluding hydrogens is 206 g/mol. The Bertz CT molecular complexity index is 485. The zero-order chi connectivity index (χ0) is 12.3. The molecule has 2 aromatic rings. The van der Waals surface area contributed by atoms with Gasteiger partial charge in [-0.1, -0.05) is 59.7 Å². The van der Waals surface area contributed by atoms with E-state index in [2.05, 4.69) is 62.4 Å². The van der Waals surface area contributed by atoms with Gasteiger partial charge in [0.1, 0.15) is 0 Å². The fraction of sp³-hybridized carbons (Fsp3) is 0.250. The Morgan fingerprint density at radius 2 is 1.65 bits per heavy atom. The van der Waals surface area contributed by atoms with E-state index in [9.17, 15) is 0 Å². The number of hydrogen-bond donors (Lipinski definition) is 1. The van der Waals surface area contributed by atoms with Crippen LogP contribution in [0.4, 0.5) is 0 Å². The summed E-state index contributed by atoms with van der Waals surface area (Å²) in [4.78, 5) is 0. The molecule has 2 N–H and O–H groups in total. The quantitative estimate of drug-likeness (QED) is 0.849. The lowest BCUT2D eigenvalue weighted by Gasteiger charge is -2.13. The molecule has 0 aliphatic rings. The lowest BCUT2D eigenvalue weighted by Crippen LogP contribution is -2.13. The highest BCUT2D eigenvalue weighted by Crippen LogP contribution is 2.17. The molecule has 1 unspecified atom stereocenters. The third-order valence-electron chi connectivity index (χ3n) is 3.05. The minimum atomic E-state index is 0.0811. The summed E-state index contributed by atoms with van der Waals surface area (Å²) in [7, 11) is 0. The Morgan fingerprint density at radius 1 is 0.941 bits per heavy atom. The summed E-state index contributed by atoms with van der Waals surface area (Å²) < 4.78 is 0. The molecule has 17 heavy (non-hydrogen) atoms. The molecule has 0 aliphatic carbocycles.